The number of nitrogens with one attached hydrogen (secondary N) is 2. The number of hydrogen-bond acceptors (Lipinski definition) is 3. The zero-order chi connectivity index (χ0) is 18.0. The maximum Gasteiger partial charge on any atom is 0.191 e. The third-order valence-electron chi connectivity index (χ3n) is 4.55. The van der Waals surface area contributed by atoms with Crippen LogP contribution < -0.4 is 10.6 Å². The molecular formula is C19H30ClN3O2. The number of methoxy groups -OCH3 is 1. The van der Waals surface area contributed by atoms with Gasteiger partial charge in [-0.25, -0.2) is 0 Å². The quantitative estimate of drug-likeness (QED) is 0.358. The van der Waals surface area contributed by atoms with E-state index < -0.39 is 0 Å². The Labute approximate surface area is 156 Å². The van der Waals surface area contributed by atoms with Gasteiger partial charge < -0.3 is 20.1 Å². The molecule has 2 N–H and O–H groups in total. The molecule has 0 atom stereocenters. The molecular weight excluding hydrogens is 338 g/mol. The Morgan fingerprint density at radius 3 is 2.72 bits per heavy atom. The molecule has 1 fully saturated rings. The highest BCUT2D eigenvalue weighted by atomic mass is 35.5. The predicted octanol–water partition coefficient (Wildman–Crippen LogP) is 2.98. The number of guanidine groups is 1. The van der Waals surface area contributed by atoms with Crippen molar-refractivity contribution in [1.29, 1.82) is 0 Å². The van der Waals surface area contributed by atoms with Crippen LogP contribution in [-0.2, 0) is 14.9 Å². The first-order valence-electron chi connectivity index (χ1n) is 8.97. The van der Waals surface area contributed by atoms with E-state index in [9.17, 15) is 0 Å². The van der Waals surface area contributed by atoms with Crippen molar-refractivity contribution in [2.45, 2.75) is 31.1 Å². The van der Waals surface area contributed by atoms with Crippen molar-refractivity contribution in [3.05, 3.63) is 34.9 Å². The summed E-state index contributed by atoms with van der Waals surface area (Å²) in [6.45, 7) is 3.86. The van der Waals surface area contributed by atoms with Gasteiger partial charge in [-0.1, -0.05) is 23.7 Å². The molecule has 1 aliphatic rings. The van der Waals surface area contributed by atoms with E-state index in [1.54, 1.807) is 7.11 Å². The number of rotatable bonds is 11. The second-order valence-corrected chi connectivity index (χ2v) is 6.89. The molecule has 1 aromatic carbocycles. The summed E-state index contributed by atoms with van der Waals surface area (Å²) in [6, 6.07) is 8.20. The maximum absolute atomic E-state index is 6.13. The Morgan fingerprint density at radius 1 is 1.20 bits per heavy atom. The Morgan fingerprint density at radius 2 is 2.04 bits per heavy atom. The van der Waals surface area contributed by atoms with Crippen molar-refractivity contribution in [2.75, 3.05) is 47.1 Å². The van der Waals surface area contributed by atoms with E-state index in [1.165, 1.54) is 18.4 Å². The molecule has 0 unspecified atom stereocenters. The first-order valence-corrected chi connectivity index (χ1v) is 9.35. The molecule has 0 aliphatic heterocycles. The molecule has 25 heavy (non-hydrogen) atoms. The fraction of sp³-hybridized carbons (Fsp3) is 0.632. The van der Waals surface area contributed by atoms with Crippen LogP contribution in [0.1, 0.15) is 31.2 Å². The molecule has 0 radical (unpaired) electrons. The van der Waals surface area contributed by atoms with Crippen LogP contribution in [0.2, 0.25) is 5.02 Å². The average molecular weight is 368 g/mol. The largest absolute Gasteiger partial charge is 0.382 e. The third-order valence-corrected chi connectivity index (χ3v) is 4.78. The van der Waals surface area contributed by atoms with Gasteiger partial charge in [0.15, 0.2) is 5.96 Å². The molecule has 0 spiro atoms. The van der Waals surface area contributed by atoms with Crippen molar-refractivity contribution < 1.29 is 9.47 Å². The number of benzene rings is 1. The summed E-state index contributed by atoms with van der Waals surface area (Å²) in [7, 11) is 3.49. The minimum Gasteiger partial charge on any atom is -0.382 e. The highest BCUT2D eigenvalue weighted by Crippen LogP contribution is 2.48. The Bertz CT molecular complexity index is 547. The van der Waals surface area contributed by atoms with Gasteiger partial charge in [-0.3, -0.25) is 4.99 Å². The van der Waals surface area contributed by atoms with Gasteiger partial charge in [0.2, 0.25) is 0 Å². The highest BCUT2D eigenvalue weighted by Gasteiger charge is 2.44. The second kappa shape index (κ2) is 10.6. The average Bonchev–Trinajstić information content (AvgIpc) is 3.41. The molecule has 0 aromatic heterocycles. The van der Waals surface area contributed by atoms with Gasteiger partial charge in [-0.05, 0) is 43.4 Å². The molecule has 1 aliphatic carbocycles. The fourth-order valence-corrected chi connectivity index (χ4v) is 2.98. The van der Waals surface area contributed by atoms with Crippen LogP contribution in [0.5, 0.6) is 0 Å². The number of hydrogen-bond donors (Lipinski definition) is 2. The van der Waals surface area contributed by atoms with Crippen LogP contribution in [0.25, 0.3) is 0 Å². The first kappa shape index (κ1) is 20.0. The monoisotopic (exact) mass is 367 g/mol. The van der Waals surface area contributed by atoms with E-state index >= 15 is 0 Å². The number of ether oxygens (including phenoxy) is 2. The Kier molecular flexibility index (Phi) is 8.52. The maximum atomic E-state index is 6.13. The fourth-order valence-electron chi connectivity index (χ4n) is 2.79. The summed E-state index contributed by atoms with van der Waals surface area (Å²) in [5, 5.41) is 7.63. The van der Waals surface area contributed by atoms with Crippen LogP contribution in [0.3, 0.4) is 0 Å². The lowest BCUT2D eigenvalue weighted by Gasteiger charge is -2.19. The van der Waals surface area contributed by atoms with Gasteiger partial charge in [-0.15, -0.1) is 0 Å². The minimum absolute atomic E-state index is 0.206. The molecule has 1 aromatic rings. The molecule has 0 heterocycles. The lowest BCUT2D eigenvalue weighted by atomic mass is 9.96. The first-order chi connectivity index (χ1) is 12.2. The zero-order valence-corrected chi connectivity index (χ0v) is 16.1. The molecule has 140 valence electrons. The van der Waals surface area contributed by atoms with Gasteiger partial charge in [0.1, 0.15) is 0 Å². The van der Waals surface area contributed by atoms with Gasteiger partial charge >= 0.3 is 0 Å². The van der Waals surface area contributed by atoms with Crippen molar-refractivity contribution in [3.8, 4) is 0 Å². The lowest BCUT2D eigenvalue weighted by Crippen LogP contribution is -2.41. The van der Waals surface area contributed by atoms with E-state index in [-0.39, 0.29) is 5.41 Å². The van der Waals surface area contributed by atoms with E-state index in [1.807, 2.05) is 19.2 Å². The standard InChI is InChI=1S/C19H30ClN3O2/c1-21-18(22-10-3-4-11-25-13-12-24-2)23-15-19(8-9-19)16-6-5-7-17(20)14-16/h5-7,14H,3-4,8-13,15H2,1-2H3,(H2,21,22,23). The van der Waals surface area contributed by atoms with Gasteiger partial charge in [-0.2, -0.15) is 0 Å². The molecule has 0 saturated heterocycles. The SMILES string of the molecule is CN=C(NCCCCOCCOC)NCC1(c2cccc(Cl)c2)CC1. The normalized spacial score (nSPS) is 15.9. The third kappa shape index (κ3) is 6.84. The van der Waals surface area contributed by atoms with Crippen LogP contribution in [0.15, 0.2) is 29.3 Å². The minimum atomic E-state index is 0.206. The van der Waals surface area contributed by atoms with E-state index in [0.29, 0.717) is 13.2 Å². The predicted molar refractivity (Wildman–Crippen MR) is 104 cm³/mol. The van der Waals surface area contributed by atoms with Gasteiger partial charge in [0.05, 0.1) is 13.2 Å². The lowest BCUT2D eigenvalue weighted by molar-refractivity contribution is 0.0689. The molecule has 1 saturated carbocycles. The summed E-state index contributed by atoms with van der Waals surface area (Å²) >= 11 is 6.13. The number of halogens is 1. The van der Waals surface area contributed by atoms with Crippen LogP contribution >= 0.6 is 11.6 Å². The molecule has 0 amide bonds. The Hall–Kier alpha value is -1.30. The van der Waals surface area contributed by atoms with Crippen LogP contribution in [0.4, 0.5) is 0 Å². The highest BCUT2D eigenvalue weighted by molar-refractivity contribution is 6.30. The molecule has 0 bridgehead atoms. The van der Waals surface area contributed by atoms with E-state index in [0.717, 1.165) is 43.5 Å². The van der Waals surface area contributed by atoms with Crippen molar-refractivity contribution in [3.63, 3.8) is 0 Å². The topological polar surface area (TPSA) is 54.9 Å². The van der Waals surface area contributed by atoms with Gasteiger partial charge in [0.25, 0.3) is 0 Å². The number of unbranched alkanes of at least 4 members (excludes halogenated alkanes) is 1. The van der Waals surface area contributed by atoms with Crippen molar-refractivity contribution >= 4 is 17.6 Å². The van der Waals surface area contributed by atoms with Crippen molar-refractivity contribution in [1.82, 2.24) is 10.6 Å². The molecule has 6 heteroatoms. The Balaban J connectivity index is 1.64. The summed E-state index contributed by atoms with van der Waals surface area (Å²) in [5.41, 5.74) is 1.52. The summed E-state index contributed by atoms with van der Waals surface area (Å²) < 4.78 is 10.4. The summed E-state index contributed by atoms with van der Waals surface area (Å²) in [5.74, 6) is 0.855. The second-order valence-electron chi connectivity index (χ2n) is 6.46. The summed E-state index contributed by atoms with van der Waals surface area (Å²) in [6.07, 6.45) is 4.46. The number of nitrogens with zero attached hydrogens (tertiary/aromatic N) is 1. The van der Waals surface area contributed by atoms with E-state index in [4.69, 9.17) is 21.1 Å². The van der Waals surface area contributed by atoms with Crippen molar-refractivity contribution in [2.24, 2.45) is 4.99 Å². The van der Waals surface area contributed by atoms with Crippen LogP contribution in [0, 0.1) is 0 Å². The smallest absolute Gasteiger partial charge is 0.191 e. The van der Waals surface area contributed by atoms with E-state index in [2.05, 4.69) is 27.8 Å². The zero-order valence-electron chi connectivity index (χ0n) is 15.3. The molecule has 2 rings (SSSR count). The number of aliphatic imine (C=N–C) groups is 1. The van der Waals surface area contributed by atoms with Crippen LogP contribution in [-0.4, -0.2) is 53.0 Å². The van der Waals surface area contributed by atoms with Gasteiger partial charge in [0, 0.05) is 44.3 Å². The molecule has 5 nitrogen and oxygen atoms in total. The summed E-state index contributed by atoms with van der Waals surface area (Å²) in [4.78, 5) is 4.31.